The first-order valence-corrected chi connectivity index (χ1v) is 5.08. The van der Waals surface area contributed by atoms with E-state index < -0.39 is 0 Å². The predicted octanol–water partition coefficient (Wildman–Crippen LogP) is 3.17. The predicted molar refractivity (Wildman–Crippen MR) is 59.7 cm³/mol. The minimum Gasteiger partial charge on any atom is -0.461 e. The number of hydrogen-bond acceptors (Lipinski definition) is 2. The van der Waals surface area contributed by atoms with Gasteiger partial charge in [0.1, 0.15) is 11.3 Å². The monoisotopic (exact) mass is 252 g/mol. The summed E-state index contributed by atoms with van der Waals surface area (Å²) in [5.41, 5.74) is 1.68. The summed E-state index contributed by atoms with van der Waals surface area (Å²) in [6.07, 6.45) is 0. The van der Waals surface area contributed by atoms with Gasteiger partial charge in [-0.25, -0.2) is 0 Å². The Balaban J connectivity index is 2.96. The molecule has 72 valence electrons. The quantitative estimate of drug-likeness (QED) is 0.721. The average molecular weight is 253 g/mol. The molecule has 2 rings (SSSR count). The van der Waals surface area contributed by atoms with Crippen molar-refractivity contribution in [3.63, 3.8) is 0 Å². The molecule has 14 heavy (non-hydrogen) atoms. The normalized spacial score (nSPS) is 10.8. The zero-order chi connectivity index (χ0) is 10.3. The summed E-state index contributed by atoms with van der Waals surface area (Å²) in [5.74, 6) is 0.637. The highest BCUT2D eigenvalue weighted by molar-refractivity contribution is 9.10. The van der Waals surface area contributed by atoms with Crippen molar-refractivity contribution in [1.29, 1.82) is 0 Å². The van der Waals surface area contributed by atoms with Crippen LogP contribution in [-0.2, 0) is 0 Å². The molecule has 0 aliphatic rings. The van der Waals surface area contributed by atoms with Crippen molar-refractivity contribution >= 4 is 26.9 Å². The Morgan fingerprint density at radius 2 is 1.93 bits per heavy atom. The maximum absolute atomic E-state index is 11.6. The SMILES string of the molecule is Cc1cc(=O)c2cc(C)c(Br)cc2o1. The van der Waals surface area contributed by atoms with Gasteiger partial charge < -0.3 is 4.42 Å². The van der Waals surface area contributed by atoms with Crippen LogP contribution in [0.4, 0.5) is 0 Å². The number of halogens is 1. The summed E-state index contributed by atoms with van der Waals surface area (Å²) in [7, 11) is 0. The number of fused-ring (bicyclic) bond motifs is 1. The van der Waals surface area contributed by atoms with Crippen LogP contribution >= 0.6 is 15.9 Å². The minimum atomic E-state index is 0.0133. The number of hydrogen-bond donors (Lipinski definition) is 0. The van der Waals surface area contributed by atoms with E-state index in [9.17, 15) is 4.79 Å². The van der Waals surface area contributed by atoms with E-state index in [4.69, 9.17) is 4.42 Å². The highest BCUT2D eigenvalue weighted by Gasteiger charge is 2.04. The number of aryl methyl sites for hydroxylation is 2. The van der Waals surface area contributed by atoms with Crippen LogP contribution < -0.4 is 5.43 Å². The highest BCUT2D eigenvalue weighted by atomic mass is 79.9. The van der Waals surface area contributed by atoms with E-state index >= 15 is 0 Å². The first-order valence-electron chi connectivity index (χ1n) is 4.28. The highest BCUT2D eigenvalue weighted by Crippen LogP contribution is 2.22. The Morgan fingerprint density at radius 3 is 2.64 bits per heavy atom. The van der Waals surface area contributed by atoms with Crippen LogP contribution in [-0.4, -0.2) is 0 Å². The van der Waals surface area contributed by atoms with Crippen molar-refractivity contribution in [3.05, 3.63) is 44.2 Å². The molecule has 0 saturated heterocycles. The van der Waals surface area contributed by atoms with Gasteiger partial charge in [-0.2, -0.15) is 0 Å². The molecule has 0 N–H and O–H groups in total. The van der Waals surface area contributed by atoms with Gasteiger partial charge in [0.15, 0.2) is 5.43 Å². The van der Waals surface area contributed by atoms with Crippen molar-refractivity contribution in [1.82, 2.24) is 0 Å². The number of benzene rings is 1. The van der Waals surface area contributed by atoms with E-state index in [2.05, 4.69) is 15.9 Å². The van der Waals surface area contributed by atoms with Gasteiger partial charge in [0, 0.05) is 10.5 Å². The van der Waals surface area contributed by atoms with Crippen molar-refractivity contribution in [2.75, 3.05) is 0 Å². The van der Waals surface area contributed by atoms with E-state index in [-0.39, 0.29) is 5.43 Å². The number of rotatable bonds is 0. The molecule has 3 heteroatoms. The third-order valence-corrected chi connectivity index (χ3v) is 2.99. The van der Waals surface area contributed by atoms with Crippen LogP contribution in [0.3, 0.4) is 0 Å². The third-order valence-electron chi connectivity index (χ3n) is 2.13. The van der Waals surface area contributed by atoms with Crippen molar-refractivity contribution in [2.45, 2.75) is 13.8 Å². The van der Waals surface area contributed by atoms with E-state index in [1.54, 1.807) is 6.92 Å². The third kappa shape index (κ3) is 1.48. The van der Waals surface area contributed by atoms with Gasteiger partial charge in [0.05, 0.1) is 5.39 Å². The van der Waals surface area contributed by atoms with Crippen LogP contribution in [0.1, 0.15) is 11.3 Å². The van der Waals surface area contributed by atoms with E-state index in [1.807, 2.05) is 19.1 Å². The first kappa shape index (κ1) is 9.46. The maximum Gasteiger partial charge on any atom is 0.192 e. The molecule has 2 aromatic rings. The Bertz CT molecular complexity index is 555. The van der Waals surface area contributed by atoms with Crippen LogP contribution in [0.15, 0.2) is 31.9 Å². The standard InChI is InChI=1S/C11H9BrO2/c1-6-3-8-10(13)4-7(2)14-11(8)5-9(6)12/h3-5H,1-2H3. The molecular weight excluding hydrogens is 244 g/mol. The Kier molecular flexibility index (Phi) is 2.19. The lowest BCUT2D eigenvalue weighted by molar-refractivity contribution is 0.564. The molecule has 1 aromatic carbocycles. The molecule has 0 atom stereocenters. The summed E-state index contributed by atoms with van der Waals surface area (Å²) in [6.45, 7) is 3.72. The summed E-state index contributed by atoms with van der Waals surface area (Å²) < 4.78 is 6.41. The van der Waals surface area contributed by atoms with Gasteiger partial charge >= 0.3 is 0 Å². The summed E-state index contributed by atoms with van der Waals surface area (Å²) >= 11 is 3.40. The largest absolute Gasteiger partial charge is 0.461 e. The van der Waals surface area contributed by atoms with Crippen LogP contribution in [0, 0.1) is 13.8 Å². The van der Waals surface area contributed by atoms with Crippen LogP contribution in [0.2, 0.25) is 0 Å². The van der Waals surface area contributed by atoms with Gasteiger partial charge in [-0.1, -0.05) is 15.9 Å². The first-order chi connectivity index (χ1) is 6.58. The second kappa shape index (κ2) is 3.24. The fourth-order valence-corrected chi connectivity index (χ4v) is 1.73. The Hall–Kier alpha value is -1.09. The van der Waals surface area contributed by atoms with Gasteiger partial charge in [-0.3, -0.25) is 4.79 Å². The van der Waals surface area contributed by atoms with Gasteiger partial charge in [0.2, 0.25) is 0 Å². The summed E-state index contributed by atoms with van der Waals surface area (Å²) in [4.78, 5) is 11.6. The fraction of sp³-hybridized carbons (Fsp3) is 0.182. The zero-order valence-electron chi connectivity index (χ0n) is 7.93. The van der Waals surface area contributed by atoms with Crippen molar-refractivity contribution in [2.24, 2.45) is 0 Å². The summed E-state index contributed by atoms with van der Waals surface area (Å²) in [5, 5.41) is 0.635. The molecule has 0 aliphatic carbocycles. The zero-order valence-corrected chi connectivity index (χ0v) is 9.51. The molecule has 1 heterocycles. The lowest BCUT2D eigenvalue weighted by atomic mass is 10.1. The Labute approximate surface area is 89.7 Å². The molecule has 0 fully saturated rings. The van der Waals surface area contributed by atoms with Gasteiger partial charge in [-0.05, 0) is 31.5 Å². The van der Waals surface area contributed by atoms with E-state index in [0.717, 1.165) is 10.0 Å². The van der Waals surface area contributed by atoms with E-state index in [1.165, 1.54) is 6.07 Å². The van der Waals surface area contributed by atoms with Crippen LogP contribution in [0.25, 0.3) is 11.0 Å². The fourth-order valence-electron chi connectivity index (χ4n) is 1.41. The summed E-state index contributed by atoms with van der Waals surface area (Å²) in [6, 6.07) is 5.18. The Morgan fingerprint density at radius 1 is 1.21 bits per heavy atom. The molecule has 0 radical (unpaired) electrons. The van der Waals surface area contributed by atoms with E-state index in [0.29, 0.717) is 16.7 Å². The minimum absolute atomic E-state index is 0.0133. The topological polar surface area (TPSA) is 30.2 Å². The molecule has 0 amide bonds. The second-order valence-corrected chi connectivity index (χ2v) is 4.17. The lowest BCUT2D eigenvalue weighted by Crippen LogP contribution is -2.00. The molecule has 0 bridgehead atoms. The smallest absolute Gasteiger partial charge is 0.192 e. The average Bonchev–Trinajstić information content (AvgIpc) is 2.08. The van der Waals surface area contributed by atoms with Crippen LogP contribution in [0.5, 0.6) is 0 Å². The molecule has 0 unspecified atom stereocenters. The van der Waals surface area contributed by atoms with Gasteiger partial charge in [-0.15, -0.1) is 0 Å². The second-order valence-electron chi connectivity index (χ2n) is 3.32. The van der Waals surface area contributed by atoms with Crippen molar-refractivity contribution < 1.29 is 4.42 Å². The molecule has 0 aliphatic heterocycles. The lowest BCUT2D eigenvalue weighted by Gasteiger charge is -2.01. The maximum atomic E-state index is 11.6. The molecule has 2 nitrogen and oxygen atoms in total. The molecule has 0 spiro atoms. The van der Waals surface area contributed by atoms with Gasteiger partial charge in [0.25, 0.3) is 0 Å². The molecular formula is C11H9BrO2. The molecule has 0 saturated carbocycles. The van der Waals surface area contributed by atoms with Crippen molar-refractivity contribution in [3.8, 4) is 0 Å². The molecule has 1 aromatic heterocycles.